The van der Waals surface area contributed by atoms with Gasteiger partial charge >= 0.3 is 0 Å². The standard InChI is InChI=1S/C17H22ClN5O/c18-16-3-1-14(2-4-16)12-21-13-15(11-20)17(24)23-9-7-22(6-5-19)8-10-23/h1-4,13,21H,5-10,12,19H2/b15-13-. The van der Waals surface area contributed by atoms with Crippen molar-refractivity contribution in [3.05, 3.63) is 46.6 Å². The van der Waals surface area contributed by atoms with Crippen molar-refractivity contribution in [3.8, 4) is 6.07 Å². The Morgan fingerprint density at radius 3 is 2.54 bits per heavy atom. The Balaban J connectivity index is 1.87. The zero-order valence-electron chi connectivity index (χ0n) is 13.5. The summed E-state index contributed by atoms with van der Waals surface area (Å²) in [5.74, 6) is -0.228. The number of carbonyl (C=O) groups excluding carboxylic acids is 1. The summed E-state index contributed by atoms with van der Waals surface area (Å²) >= 11 is 5.84. The van der Waals surface area contributed by atoms with E-state index in [1.807, 2.05) is 18.2 Å². The average Bonchev–Trinajstić information content (AvgIpc) is 2.61. The predicted octanol–water partition coefficient (Wildman–Crippen LogP) is 0.940. The van der Waals surface area contributed by atoms with Crippen LogP contribution in [-0.4, -0.2) is 55.0 Å². The van der Waals surface area contributed by atoms with E-state index in [0.29, 0.717) is 31.2 Å². The number of benzene rings is 1. The largest absolute Gasteiger partial charge is 0.386 e. The first kappa shape index (κ1) is 18.3. The summed E-state index contributed by atoms with van der Waals surface area (Å²) in [5, 5.41) is 12.9. The number of amides is 1. The molecule has 1 aromatic rings. The molecule has 1 aliphatic rings. The highest BCUT2D eigenvalue weighted by Crippen LogP contribution is 2.10. The van der Waals surface area contributed by atoms with Gasteiger partial charge < -0.3 is 16.0 Å². The van der Waals surface area contributed by atoms with E-state index in [0.717, 1.165) is 25.2 Å². The van der Waals surface area contributed by atoms with Gasteiger partial charge in [0.05, 0.1) is 0 Å². The Kier molecular flexibility index (Phi) is 7.07. The monoisotopic (exact) mass is 347 g/mol. The van der Waals surface area contributed by atoms with E-state index >= 15 is 0 Å². The SMILES string of the molecule is N#C/C(=C/NCc1ccc(Cl)cc1)C(=O)N1CCN(CCN)CC1. The van der Waals surface area contributed by atoms with Crippen LogP contribution in [0.4, 0.5) is 0 Å². The smallest absolute Gasteiger partial charge is 0.266 e. The molecule has 0 atom stereocenters. The van der Waals surface area contributed by atoms with Crippen molar-refractivity contribution in [2.24, 2.45) is 5.73 Å². The third kappa shape index (κ3) is 5.24. The average molecular weight is 348 g/mol. The number of nitrogens with two attached hydrogens (primary N) is 1. The van der Waals surface area contributed by atoms with E-state index in [1.54, 1.807) is 17.0 Å². The topological polar surface area (TPSA) is 85.4 Å². The second-order valence-corrected chi connectivity index (χ2v) is 6.04. The van der Waals surface area contributed by atoms with Crippen molar-refractivity contribution in [3.63, 3.8) is 0 Å². The molecule has 0 saturated carbocycles. The zero-order valence-corrected chi connectivity index (χ0v) is 14.3. The maximum absolute atomic E-state index is 12.4. The lowest BCUT2D eigenvalue weighted by Crippen LogP contribution is -2.50. The number of hydrogen-bond acceptors (Lipinski definition) is 5. The molecule has 1 aliphatic heterocycles. The van der Waals surface area contributed by atoms with Gasteiger partial charge in [0.1, 0.15) is 11.6 Å². The Hall–Kier alpha value is -2.07. The first-order valence-electron chi connectivity index (χ1n) is 7.94. The normalized spacial score (nSPS) is 15.9. The van der Waals surface area contributed by atoms with Gasteiger partial charge in [-0.2, -0.15) is 5.26 Å². The van der Waals surface area contributed by atoms with Crippen molar-refractivity contribution in [2.75, 3.05) is 39.3 Å². The highest BCUT2D eigenvalue weighted by molar-refractivity contribution is 6.30. The molecule has 6 nitrogen and oxygen atoms in total. The summed E-state index contributed by atoms with van der Waals surface area (Å²) in [6.07, 6.45) is 1.49. The van der Waals surface area contributed by atoms with Gasteiger partial charge in [-0.05, 0) is 17.7 Å². The van der Waals surface area contributed by atoms with Crippen molar-refractivity contribution in [1.82, 2.24) is 15.1 Å². The van der Waals surface area contributed by atoms with Gasteiger partial charge in [-0.1, -0.05) is 23.7 Å². The molecule has 7 heteroatoms. The van der Waals surface area contributed by atoms with E-state index < -0.39 is 0 Å². The third-order valence-electron chi connectivity index (χ3n) is 3.92. The molecule has 2 rings (SSSR count). The number of nitrogens with zero attached hydrogens (tertiary/aromatic N) is 3. The lowest BCUT2D eigenvalue weighted by molar-refractivity contribution is -0.128. The molecule has 128 valence electrons. The van der Waals surface area contributed by atoms with Crippen molar-refractivity contribution >= 4 is 17.5 Å². The lowest BCUT2D eigenvalue weighted by Gasteiger charge is -2.34. The Labute approximate surface area is 147 Å². The fourth-order valence-corrected chi connectivity index (χ4v) is 2.67. The molecule has 0 bridgehead atoms. The number of nitriles is 1. The van der Waals surface area contributed by atoms with Crippen LogP contribution in [0.25, 0.3) is 0 Å². The molecule has 0 radical (unpaired) electrons. The van der Waals surface area contributed by atoms with E-state index in [9.17, 15) is 10.1 Å². The summed E-state index contributed by atoms with van der Waals surface area (Å²) in [4.78, 5) is 16.4. The minimum absolute atomic E-state index is 0.122. The number of nitrogens with one attached hydrogen (secondary N) is 1. The number of halogens is 1. The lowest BCUT2D eigenvalue weighted by atomic mass is 10.2. The molecule has 3 N–H and O–H groups in total. The van der Waals surface area contributed by atoms with Crippen molar-refractivity contribution in [1.29, 1.82) is 5.26 Å². The Morgan fingerprint density at radius 1 is 1.29 bits per heavy atom. The van der Waals surface area contributed by atoms with Crippen LogP contribution in [0.3, 0.4) is 0 Å². The number of rotatable bonds is 6. The molecule has 1 saturated heterocycles. The van der Waals surface area contributed by atoms with Gasteiger partial charge in [0.15, 0.2) is 0 Å². The quantitative estimate of drug-likeness (QED) is 0.591. The number of carbonyl (C=O) groups is 1. The maximum Gasteiger partial charge on any atom is 0.266 e. The second-order valence-electron chi connectivity index (χ2n) is 5.60. The Bertz CT molecular complexity index is 615. The molecule has 0 aromatic heterocycles. The number of piperazine rings is 1. The molecule has 1 amide bonds. The van der Waals surface area contributed by atoms with Crippen LogP contribution < -0.4 is 11.1 Å². The fourth-order valence-electron chi connectivity index (χ4n) is 2.54. The van der Waals surface area contributed by atoms with Crippen LogP contribution in [0.2, 0.25) is 5.02 Å². The summed E-state index contributed by atoms with van der Waals surface area (Å²) in [6.45, 7) is 4.81. The van der Waals surface area contributed by atoms with Gasteiger partial charge in [-0.3, -0.25) is 9.69 Å². The second kappa shape index (κ2) is 9.28. The summed E-state index contributed by atoms with van der Waals surface area (Å²) in [6, 6.07) is 9.39. The molecule has 1 heterocycles. The van der Waals surface area contributed by atoms with Gasteiger partial charge in [-0.15, -0.1) is 0 Å². The molecule has 1 aromatic carbocycles. The molecular formula is C17H22ClN5O. The van der Waals surface area contributed by atoms with Crippen LogP contribution in [0.1, 0.15) is 5.56 Å². The molecule has 0 spiro atoms. The van der Waals surface area contributed by atoms with Gasteiger partial charge in [0.2, 0.25) is 0 Å². The van der Waals surface area contributed by atoms with E-state index in [2.05, 4.69) is 10.2 Å². The van der Waals surface area contributed by atoms with Crippen molar-refractivity contribution in [2.45, 2.75) is 6.54 Å². The third-order valence-corrected chi connectivity index (χ3v) is 4.17. The molecule has 0 unspecified atom stereocenters. The summed E-state index contributed by atoms with van der Waals surface area (Å²) < 4.78 is 0. The molecule has 24 heavy (non-hydrogen) atoms. The summed E-state index contributed by atoms with van der Waals surface area (Å²) in [7, 11) is 0. The van der Waals surface area contributed by atoms with E-state index in [-0.39, 0.29) is 11.5 Å². The van der Waals surface area contributed by atoms with Crippen molar-refractivity contribution < 1.29 is 4.79 Å². The Morgan fingerprint density at radius 2 is 1.96 bits per heavy atom. The van der Waals surface area contributed by atoms with E-state index in [1.165, 1.54) is 6.20 Å². The van der Waals surface area contributed by atoms with Crippen LogP contribution in [-0.2, 0) is 11.3 Å². The highest BCUT2D eigenvalue weighted by atomic mass is 35.5. The predicted molar refractivity (Wildman–Crippen MR) is 94.1 cm³/mol. The van der Waals surface area contributed by atoms with Crippen LogP contribution >= 0.6 is 11.6 Å². The first-order chi connectivity index (χ1) is 11.6. The van der Waals surface area contributed by atoms with Gasteiger partial charge in [0, 0.05) is 57.0 Å². The first-order valence-corrected chi connectivity index (χ1v) is 8.31. The molecule has 1 fully saturated rings. The van der Waals surface area contributed by atoms with E-state index in [4.69, 9.17) is 17.3 Å². The van der Waals surface area contributed by atoms with Crippen LogP contribution in [0, 0.1) is 11.3 Å². The van der Waals surface area contributed by atoms with Crippen LogP contribution in [0.15, 0.2) is 36.0 Å². The maximum atomic E-state index is 12.4. The summed E-state index contributed by atoms with van der Waals surface area (Å²) in [5.41, 5.74) is 6.69. The minimum atomic E-state index is -0.228. The number of hydrogen-bond donors (Lipinski definition) is 2. The fraction of sp³-hybridized carbons (Fsp3) is 0.412. The minimum Gasteiger partial charge on any atom is -0.386 e. The van der Waals surface area contributed by atoms with Gasteiger partial charge in [0.25, 0.3) is 5.91 Å². The highest BCUT2D eigenvalue weighted by Gasteiger charge is 2.23. The van der Waals surface area contributed by atoms with Gasteiger partial charge in [-0.25, -0.2) is 0 Å². The molecule has 0 aliphatic carbocycles. The van der Waals surface area contributed by atoms with Crippen LogP contribution in [0.5, 0.6) is 0 Å². The molecular weight excluding hydrogens is 326 g/mol. The zero-order chi connectivity index (χ0) is 17.4.